The van der Waals surface area contributed by atoms with E-state index in [9.17, 15) is 39.6 Å². The molecular weight excluding hydrogens is 438 g/mol. The maximum absolute atomic E-state index is 14.1. The number of benzene rings is 1. The zero-order valence-corrected chi connectivity index (χ0v) is 16.5. The summed E-state index contributed by atoms with van der Waals surface area (Å²) in [6, 6.07) is -0.528. The van der Waals surface area contributed by atoms with E-state index in [1.54, 1.807) is 0 Å². The highest BCUT2D eigenvalue weighted by atomic mass is 32.2. The second kappa shape index (κ2) is 8.80. The fourth-order valence-electron chi connectivity index (χ4n) is 2.61. The van der Waals surface area contributed by atoms with E-state index < -0.39 is 68.8 Å². The zero-order chi connectivity index (χ0) is 22.9. The van der Waals surface area contributed by atoms with Gasteiger partial charge in [-0.05, 0) is 36.3 Å². The number of allylic oxidation sites excluding steroid dienone is 4. The van der Waals surface area contributed by atoms with Gasteiger partial charge in [0.25, 0.3) is 5.91 Å². The van der Waals surface area contributed by atoms with Crippen molar-refractivity contribution in [2.45, 2.75) is 43.6 Å². The molecule has 1 aromatic rings. The van der Waals surface area contributed by atoms with Crippen molar-refractivity contribution >= 4 is 15.9 Å². The Morgan fingerprint density at radius 2 is 1.80 bits per heavy atom. The molecule has 2 rings (SSSR count). The minimum absolute atomic E-state index is 0.0865. The van der Waals surface area contributed by atoms with Gasteiger partial charge < -0.3 is 5.32 Å². The minimum atomic E-state index is -4.87. The number of carbonyl (C=O) groups is 1. The monoisotopic (exact) mass is 456 g/mol. The Morgan fingerprint density at radius 3 is 2.33 bits per heavy atom. The minimum Gasteiger partial charge on any atom is -0.326 e. The van der Waals surface area contributed by atoms with E-state index in [1.165, 1.54) is 4.72 Å². The van der Waals surface area contributed by atoms with Gasteiger partial charge in [0.1, 0.15) is 17.7 Å². The molecule has 166 valence electrons. The van der Waals surface area contributed by atoms with Gasteiger partial charge in [-0.25, -0.2) is 21.6 Å². The van der Waals surface area contributed by atoms with Crippen LogP contribution >= 0.6 is 0 Å². The lowest BCUT2D eigenvalue weighted by Crippen LogP contribution is -2.48. The fraction of sp³-hybridized carbons (Fsp3) is 0.389. The number of sulfonamides is 1. The Balaban J connectivity index is 2.31. The lowest BCUT2D eigenvalue weighted by Gasteiger charge is -2.24. The van der Waals surface area contributed by atoms with Crippen LogP contribution in [0.2, 0.25) is 0 Å². The Kier molecular flexibility index (Phi) is 7.02. The van der Waals surface area contributed by atoms with Crippen LogP contribution in [0.15, 0.2) is 46.8 Å². The summed E-state index contributed by atoms with van der Waals surface area (Å²) in [4.78, 5) is 11.5. The largest absolute Gasteiger partial charge is 0.405 e. The number of rotatable bonds is 6. The van der Waals surface area contributed by atoms with Crippen LogP contribution in [0.3, 0.4) is 0 Å². The molecule has 1 amide bonds. The highest BCUT2D eigenvalue weighted by Crippen LogP contribution is 2.28. The van der Waals surface area contributed by atoms with Crippen molar-refractivity contribution in [1.82, 2.24) is 10.0 Å². The van der Waals surface area contributed by atoms with Gasteiger partial charge in [-0.15, -0.1) is 0 Å². The molecule has 12 heteroatoms. The lowest BCUT2D eigenvalue weighted by molar-refractivity contribution is -0.160. The summed E-state index contributed by atoms with van der Waals surface area (Å²) in [7, 11) is -4.76. The van der Waals surface area contributed by atoms with Gasteiger partial charge in [0.2, 0.25) is 10.0 Å². The number of alkyl halides is 4. The quantitative estimate of drug-likeness (QED) is 0.638. The summed E-state index contributed by atoms with van der Waals surface area (Å²) in [6.45, 7) is 2.33. The third kappa shape index (κ3) is 5.63. The second-order valence-corrected chi connectivity index (χ2v) is 8.61. The van der Waals surface area contributed by atoms with Crippen molar-refractivity contribution in [2.24, 2.45) is 5.92 Å². The number of hydrogen-bond donors (Lipinski definition) is 2. The first-order chi connectivity index (χ1) is 13.7. The van der Waals surface area contributed by atoms with Crippen molar-refractivity contribution in [1.29, 1.82) is 0 Å². The van der Waals surface area contributed by atoms with Gasteiger partial charge in [0, 0.05) is 12.1 Å². The van der Waals surface area contributed by atoms with Crippen LogP contribution in [0, 0.1) is 11.7 Å². The van der Waals surface area contributed by atoms with Crippen LogP contribution in [0.5, 0.6) is 0 Å². The van der Waals surface area contributed by atoms with E-state index in [-0.39, 0.29) is 5.70 Å². The van der Waals surface area contributed by atoms with Gasteiger partial charge >= 0.3 is 6.18 Å². The third-order valence-corrected chi connectivity index (χ3v) is 5.65. The standard InChI is InChI=1S/C18H18F6N2O3S/c1-9(2)16(18(22,23)24)26-30(28,29)11-4-6-13(19)12(8-11)17(27)25-10-3-5-14(20)15(21)7-10/h3-6,8-9,15-16,26H,7H2,1-2H3,(H,25,27)/t15?,16-/m0/s1. The zero-order valence-electron chi connectivity index (χ0n) is 15.7. The summed E-state index contributed by atoms with van der Waals surface area (Å²) >= 11 is 0. The molecule has 30 heavy (non-hydrogen) atoms. The van der Waals surface area contributed by atoms with Gasteiger partial charge in [-0.2, -0.15) is 17.9 Å². The Labute approximate surface area is 168 Å². The van der Waals surface area contributed by atoms with Gasteiger partial charge in [-0.3, -0.25) is 4.79 Å². The van der Waals surface area contributed by atoms with Crippen molar-refractivity contribution in [3.63, 3.8) is 0 Å². The third-order valence-electron chi connectivity index (χ3n) is 4.21. The van der Waals surface area contributed by atoms with Crippen LogP contribution < -0.4 is 10.0 Å². The summed E-state index contributed by atoms with van der Waals surface area (Å²) in [5, 5.41) is 2.12. The SMILES string of the molecule is CC(C)[C@H](NS(=O)(=O)c1ccc(F)c(C(=O)NC2=CC=C(F)C(F)C2)c1)C(F)(F)F. The topological polar surface area (TPSA) is 75.3 Å². The van der Waals surface area contributed by atoms with E-state index in [0.29, 0.717) is 18.2 Å². The van der Waals surface area contributed by atoms with E-state index in [1.807, 2.05) is 0 Å². The van der Waals surface area contributed by atoms with Crippen molar-refractivity contribution < 1.29 is 39.6 Å². The number of amides is 1. The van der Waals surface area contributed by atoms with Crippen LogP contribution in [-0.2, 0) is 10.0 Å². The van der Waals surface area contributed by atoms with E-state index >= 15 is 0 Å². The molecule has 1 aliphatic rings. The number of halogens is 6. The maximum atomic E-state index is 14.1. The Morgan fingerprint density at radius 1 is 1.17 bits per heavy atom. The van der Waals surface area contributed by atoms with Gasteiger partial charge in [0.15, 0.2) is 6.17 Å². The number of hydrogen-bond acceptors (Lipinski definition) is 3. The molecular formula is C18H18F6N2O3S. The van der Waals surface area contributed by atoms with E-state index in [2.05, 4.69) is 5.32 Å². The first-order valence-electron chi connectivity index (χ1n) is 8.62. The smallest absolute Gasteiger partial charge is 0.326 e. The van der Waals surface area contributed by atoms with Crippen LogP contribution in [-0.4, -0.2) is 32.7 Å². The highest BCUT2D eigenvalue weighted by molar-refractivity contribution is 7.89. The molecule has 0 saturated heterocycles. The molecule has 0 bridgehead atoms. The first-order valence-corrected chi connectivity index (χ1v) is 10.1. The predicted octanol–water partition coefficient (Wildman–Crippen LogP) is 3.90. The summed E-state index contributed by atoms with van der Waals surface area (Å²) in [5.41, 5.74) is -0.881. The molecule has 5 nitrogen and oxygen atoms in total. The molecule has 1 aromatic carbocycles. The van der Waals surface area contributed by atoms with Gasteiger partial charge in [-0.1, -0.05) is 13.8 Å². The number of carbonyl (C=O) groups excluding carboxylic acids is 1. The predicted molar refractivity (Wildman–Crippen MR) is 95.7 cm³/mol. The normalized spacial score (nSPS) is 18.6. The van der Waals surface area contributed by atoms with Crippen molar-refractivity contribution in [3.05, 3.63) is 53.3 Å². The van der Waals surface area contributed by atoms with Crippen molar-refractivity contribution in [3.8, 4) is 0 Å². The molecule has 0 aromatic heterocycles. The van der Waals surface area contributed by atoms with Crippen LogP contribution in [0.1, 0.15) is 30.6 Å². The second-order valence-electron chi connectivity index (χ2n) is 6.90. The maximum Gasteiger partial charge on any atom is 0.405 e. The summed E-state index contributed by atoms with van der Waals surface area (Å²) < 4.78 is 106. The van der Waals surface area contributed by atoms with Crippen molar-refractivity contribution in [2.75, 3.05) is 0 Å². The molecule has 1 aliphatic carbocycles. The molecule has 0 spiro atoms. The average Bonchev–Trinajstić information content (AvgIpc) is 2.62. The number of nitrogens with one attached hydrogen (secondary N) is 2. The van der Waals surface area contributed by atoms with E-state index in [4.69, 9.17) is 0 Å². The highest BCUT2D eigenvalue weighted by Gasteiger charge is 2.44. The molecule has 1 unspecified atom stereocenters. The fourth-order valence-corrected chi connectivity index (χ4v) is 4.01. The summed E-state index contributed by atoms with van der Waals surface area (Å²) in [6.07, 6.45) is -5.58. The molecule has 2 N–H and O–H groups in total. The molecule has 0 heterocycles. The summed E-state index contributed by atoms with van der Waals surface area (Å²) in [5.74, 6) is -4.52. The lowest BCUT2D eigenvalue weighted by atomic mass is 10.1. The average molecular weight is 456 g/mol. The van der Waals surface area contributed by atoms with Crippen LogP contribution in [0.4, 0.5) is 26.3 Å². The molecule has 0 radical (unpaired) electrons. The molecule has 0 fully saturated rings. The Hall–Kier alpha value is -2.34. The first kappa shape index (κ1) is 23.9. The van der Waals surface area contributed by atoms with Crippen LogP contribution in [0.25, 0.3) is 0 Å². The molecule has 0 saturated carbocycles. The Bertz CT molecular complexity index is 986. The molecule has 2 atom stereocenters. The molecule has 0 aliphatic heterocycles. The van der Waals surface area contributed by atoms with Gasteiger partial charge in [0.05, 0.1) is 10.5 Å². The van der Waals surface area contributed by atoms with E-state index in [0.717, 1.165) is 26.0 Å².